The van der Waals surface area contributed by atoms with Gasteiger partial charge in [-0.1, -0.05) is 59.3 Å². The maximum absolute atomic E-state index is 3.67. The first-order chi connectivity index (χ1) is 7.74. The Hall–Kier alpha value is -0.0400. The van der Waals surface area contributed by atoms with Crippen LogP contribution >= 0.6 is 0 Å². The van der Waals surface area contributed by atoms with Crippen LogP contribution in [0.4, 0.5) is 0 Å². The molecule has 1 aliphatic carbocycles. The summed E-state index contributed by atoms with van der Waals surface area (Å²) < 4.78 is 0. The summed E-state index contributed by atoms with van der Waals surface area (Å²) in [5.74, 6) is 2.78. The van der Waals surface area contributed by atoms with Gasteiger partial charge in [0.05, 0.1) is 0 Å². The van der Waals surface area contributed by atoms with Gasteiger partial charge in [-0.15, -0.1) is 0 Å². The maximum atomic E-state index is 3.67. The van der Waals surface area contributed by atoms with Crippen LogP contribution in [0, 0.1) is 17.8 Å². The summed E-state index contributed by atoms with van der Waals surface area (Å²) in [6.45, 7) is 9.36. The van der Waals surface area contributed by atoms with Crippen molar-refractivity contribution in [2.24, 2.45) is 17.8 Å². The van der Waals surface area contributed by atoms with E-state index < -0.39 is 0 Å². The summed E-state index contributed by atoms with van der Waals surface area (Å²) in [5, 5.41) is 3.67. The summed E-state index contributed by atoms with van der Waals surface area (Å²) in [7, 11) is 0. The monoisotopic (exact) mass is 225 g/mol. The largest absolute Gasteiger partial charge is 0.316 e. The van der Waals surface area contributed by atoms with Crippen LogP contribution in [0.3, 0.4) is 0 Å². The molecule has 0 spiro atoms. The molecule has 1 N–H and O–H groups in total. The highest BCUT2D eigenvalue weighted by atomic mass is 14.9. The number of hydrogen-bond acceptors (Lipinski definition) is 1. The molecule has 0 aromatic heterocycles. The molecule has 1 saturated carbocycles. The first-order valence-corrected chi connectivity index (χ1v) is 7.44. The Labute approximate surface area is 102 Å². The third kappa shape index (κ3) is 5.34. The molecule has 1 rings (SSSR count). The van der Waals surface area contributed by atoms with Crippen molar-refractivity contribution < 1.29 is 0 Å². The van der Waals surface area contributed by atoms with E-state index >= 15 is 0 Å². The molecule has 1 nitrogen and oxygen atoms in total. The number of rotatable bonds is 8. The van der Waals surface area contributed by atoms with Gasteiger partial charge in [0.15, 0.2) is 0 Å². The second-order valence-electron chi connectivity index (χ2n) is 6.00. The van der Waals surface area contributed by atoms with Gasteiger partial charge in [0, 0.05) is 0 Å². The van der Waals surface area contributed by atoms with Crippen LogP contribution in [0.25, 0.3) is 0 Å². The van der Waals surface area contributed by atoms with E-state index in [0.29, 0.717) is 0 Å². The summed E-state index contributed by atoms with van der Waals surface area (Å²) in [5.41, 5.74) is 0. The van der Waals surface area contributed by atoms with Crippen molar-refractivity contribution in [3.8, 4) is 0 Å². The molecular weight excluding hydrogens is 194 g/mol. The molecule has 0 heterocycles. The fraction of sp³-hybridized carbons (Fsp3) is 1.00. The molecule has 1 unspecified atom stereocenters. The highest BCUT2D eigenvalue weighted by Gasteiger charge is 2.24. The van der Waals surface area contributed by atoms with Crippen molar-refractivity contribution in [1.29, 1.82) is 0 Å². The number of nitrogens with one attached hydrogen (secondary N) is 1. The van der Waals surface area contributed by atoms with Gasteiger partial charge in [0.25, 0.3) is 0 Å². The highest BCUT2D eigenvalue weighted by Crippen LogP contribution is 2.33. The van der Waals surface area contributed by atoms with Crippen LogP contribution in [0.1, 0.15) is 65.7 Å². The Balaban J connectivity index is 2.25. The first kappa shape index (κ1) is 14.0. The highest BCUT2D eigenvalue weighted by molar-refractivity contribution is 4.77. The summed E-state index contributed by atoms with van der Waals surface area (Å²) in [6.07, 6.45) is 10.2. The van der Waals surface area contributed by atoms with Gasteiger partial charge < -0.3 is 5.32 Å². The van der Waals surface area contributed by atoms with Gasteiger partial charge in [0.1, 0.15) is 0 Å². The Morgan fingerprint density at radius 2 is 1.81 bits per heavy atom. The lowest BCUT2D eigenvalue weighted by atomic mass is 9.86. The number of unbranched alkanes of at least 4 members (excludes halogenated alkanes) is 1. The molecule has 16 heavy (non-hydrogen) atoms. The SMILES string of the molecule is CCCCC(CNCC(C)C)C1CCCC1. The summed E-state index contributed by atoms with van der Waals surface area (Å²) >= 11 is 0. The molecule has 1 heteroatoms. The standard InChI is InChI=1S/C15H31N/c1-4-5-8-15(12-16-11-13(2)3)14-9-6-7-10-14/h13-16H,4-12H2,1-3H3. The van der Waals surface area contributed by atoms with Gasteiger partial charge in [-0.05, 0) is 37.3 Å². The average Bonchev–Trinajstić information content (AvgIpc) is 2.75. The van der Waals surface area contributed by atoms with Crippen molar-refractivity contribution in [3.63, 3.8) is 0 Å². The van der Waals surface area contributed by atoms with E-state index in [4.69, 9.17) is 0 Å². The second kappa shape index (κ2) is 8.11. The molecule has 1 fully saturated rings. The third-order valence-corrected chi connectivity index (χ3v) is 3.95. The van der Waals surface area contributed by atoms with Crippen molar-refractivity contribution in [1.82, 2.24) is 5.32 Å². The fourth-order valence-corrected chi connectivity index (χ4v) is 2.96. The molecular formula is C15H31N. The van der Waals surface area contributed by atoms with E-state index in [-0.39, 0.29) is 0 Å². The minimum Gasteiger partial charge on any atom is -0.316 e. The predicted octanol–water partition coefficient (Wildman–Crippen LogP) is 4.23. The maximum Gasteiger partial charge on any atom is -0.00178 e. The van der Waals surface area contributed by atoms with Crippen molar-refractivity contribution in [3.05, 3.63) is 0 Å². The van der Waals surface area contributed by atoms with Crippen LogP contribution in [0.2, 0.25) is 0 Å². The van der Waals surface area contributed by atoms with Crippen LogP contribution < -0.4 is 5.32 Å². The number of hydrogen-bond donors (Lipinski definition) is 1. The third-order valence-electron chi connectivity index (χ3n) is 3.95. The molecule has 0 bridgehead atoms. The normalized spacial score (nSPS) is 19.5. The zero-order chi connectivity index (χ0) is 11.8. The Morgan fingerprint density at radius 3 is 2.38 bits per heavy atom. The summed E-state index contributed by atoms with van der Waals surface area (Å²) in [6, 6.07) is 0. The van der Waals surface area contributed by atoms with Crippen molar-refractivity contribution in [2.45, 2.75) is 65.7 Å². The second-order valence-corrected chi connectivity index (χ2v) is 6.00. The van der Waals surface area contributed by atoms with Crippen molar-refractivity contribution in [2.75, 3.05) is 13.1 Å². The lowest BCUT2D eigenvalue weighted by Crippen LogP contribution is -2.30. The molecule has 1 aliphatic rings. The van der Waals surface area contributed by atoms with Gasteiger partial charge in [-0.2, -0.15) is 0 Å². The molecule has 0 saturated heterocycles. The van der Waals surface area contributed by atoms with E-state index in [2.05, 4.69) is 26.1 Å². The van der Waals surface area contributed by atoms with E-state index in [1.54, 1.807) is 0 Å². The van der Waals surface area contributed by atoms with E-state index in [0.717, 1.165) is 17.8 Å². The van der Waals surface area contributed by atoms with E-state index in [1.165, 1.54) is 58.0 Å². The Kier molecular flexibility index (Phi) is 7.11. The minimum atomic E-state index is 0.787. The van der Waals surface area contributed by atoms with Crippen LogP contribution in [-0.4, -0.2) is 13.1 Å². The van der Waals surface area contributed by atoms with Gasteiger partial charge >= 0.3 is 0 Å². The van der Waals surface area contributed by atoms with Crippen LogP contribution in [0.15, 0.2) is 0 Å². The molecule has 96 valence electrons. The molecule has 0 aliphatic heterocycles. The summed E-state index contributed by atoms with van der Waals surface area (Å²) in [4.78, 5) is 0. The van der Waals surface area contributed by atoms with E-state index in [1.807, 2.05) is 0 Å². The zero-order valence-electron chi connectivity index (χ0n) is 11.6. The topological polar surface area (TPSA) is 12.0 Å². The minimum absolute atomic E-state index is 0.787. The van der Waals surface area contributed by atoms with Gasteiger partial charge in [0.2, 0.25) is 0 Å². The quantitative estimate of drug-likeness (QED) is 0.652. The smallest absolute Gasteiger partial charge is 0.00178 e. The molecule has 0 aromatic rings. The van der Waals surface area contributed by atoms with Crippen LogP contribution in [0.5, 0.6) is 0 Å². The first-order valence-electron chi connectivity index (χ1n) is 7.44. The molecule has 0 aromatic carbocycles. The molecule has 0 amide bonds. The zero-order valence-corrected chi connectivity index (χ0v) is 11.6. The Morgan fingerprint density at radius 1 is 1.12 bits per heavy atom. The average molecular weight is 225 g/mol. The Bertz CT molecular complexity index is 159. The fourth-order valence-electron chi connectivity index (χ4n) is 2.96. The van der Waals surface area contributed by atoms with E-state index in [9.17, 15) is 0 Å². The van der Waals surface area contributed by atoms with Gasteiger partial charge in [-0.25, -0.2) is 0 Å². The van der Waals surface area contributed by atoms with Crippen LogP contribution in [-0.2, 0) is 0 Å². The predicted molar refractivity (Wildman–Crippen MR) is 72.7 cm³/mol. The lowest BCUT2D eigenvalue weighted by Gasteiger charge is -2.24. The molecule has 0 radical (unpaired) electrons. The van der Waals surface area contributed by atoms with Gasteiger partial charge in [-0.3, -0.25) is 0 Å². The lowest BCUT2D eigenvalue weighted by molar-refractivity contribution is 0.294. The molecule has 1 atom stereocenters. The van der Waals surface area contributed by atoms with Crippen molar-refractivity contribution >= 4 is 0 Å².